The predicted molar refractivity (Wildman–Crippen MR) is 65.5 cm³/mol. The van der Waals surface area contributed by atoms with E-state index in [1.54, 1.807) is 4.90 Å². The Morgan fingerprint density at radius 3 is 2.81 bits per heavy atom. The molecule has 1 atom stereocenters. The van der Waals surface area contributed by atoms with E-state index in [1.807, 2.05) is 24.3 Å². The highest BCUT2D eigenvalue weighted by Crippen LogP contribution is 2.28. The van der Waals surface area contributed by atoms with Crippen molar-refractivity contribution in [1.82, 2.24) is 0 Å². The molecule has 1 aromatic carbocycles. The maximum Gasteiger partial charge on any atom is 0.227 e. The summed E-state index contributed by atoms with van der Waals surface area (Å²) in [4.78, 5) is 24.3. The number of carbonyl (C=O) groups is 2. The van der Waals surface area contributed by atoms with Crippen molar-refractivity contribution in [3.63, 3.8) is 0 Å². The third kappa shape index (κ3) is 2.28. The van der Waals surface area contributed by atoms with Gasteiger partial charge in [-0.2, -0.15) is 0 Å². The Bertz CT molecular complexity index is 449. The number of carbonyl (C=O) groups excluding carboxylic acids is 2. The fourth-order valence-corrected chi connectivity index (χ4v) is 2.29. The van der Waals surface area contributed by atoms with E-state index in [1.165, 1.54) is 0 Å². The van der Waals surface area contributed by atoms with Crippen LogP contribution in [0.25, 0.3) is 0 Å². The lowest BCUT2D eigenvalue weighted by atomic mass is 10.1. The fourth-order valence-electron chi connectivity index (χ4n) is 1.75. The van der Waals surface area contributed by atoms with Gasteiger partial charge in [-0.15, -0.1) is 0 Å². The average molecular weight is 303 g/mol. The first-order chi connectivity index (χ1) is 7.58. The second-order valence-corrected chi connectivity index (χ2v) is 4.98. The standard InChI is InChI=1S/C11H9BrClNO2/c12-8-2-1-3-9(5-8)14-6-7(11(13)16)4-10(14)15/h1-3,5,7H,4,6H2/t7-/m1/s1. The van der Waals surface area contributed by atoms with Crippen molar-refractivity contribution >= 4 is 44.4 Å². The van der Waals surface area contributed by atoms with Crippen LogP contribution in [-0.4, -0.2) is 17.7 Å². The van der Waals surface area contributed by atoms with Crippen LogP contribution in [0.1, 0.15) is 6.42 Å². The smallest absolute Gasteiger partial charge is 0.227 e. The highest BCUT2D eigenvalue weighted by Gasteiger charge is 2.34. The van der Waals surface area contributed by atoms with E-state index in [2.05, 4.69) is 15.9 Å². The summed E-state index contributed by atoms with van der Waals surface area (Å²) in [5.41, 5.74) is 0.791. The van der Waals surface area contributed by atoms with Gasteiger partial charge in [-0.05, 0) is 29.8 Å². The molecule has 1 aliphatic heterocycles. The SMILES string of the molecule is O=C(Cl)[C@@H]1CC(=O)N(c2cccc(Br)c2)C1. The summed E-state index contributed by atoms with van der Waals surface area (Å²) in [6, 6.07) is 7.42. The van der Waals surface area contributed by atoms with Crippen molar-refractivity contribution in [2.45, 2.75) is 6.42 Å². The van der Waals surface area contributed by atoms with E-state index in [0.717, 1.165) is 10.2 Å². The summed E-state index contributed by atoms with van der Waals surface area (Å²) >= 11 is 8.75. The quantitative estimate of drug-likeness (QED) is 0.787. The lowest BCUT2D eigenvalue weighted by Gasteiger charge is -2.16. The number of hydrogen-bond acceptors (Lipinski definition) is 2. The molecule has 2 rings (SSSR count). The predicted octanol–water partition coefficient (Wildman–Crippen LogP) is 2.57. The van der Waals surface area contributed by atoms with Gasteiger partial charge in [0.05, 0.1) is 5.92 Å². The van der Waals surface area contributed by atoms with Gasteiger partial charge in [0.2, 0.25) is 11.1 Å². The fraction of sp³-hybridized carbons (Fsp3) is 0.273. The molecule has 1 fully saturated rings. The average Bonchev–Trinajstić information content (AvgIpc) is 2.60. The third-order valence-electron chi connectivity index (χ3n) is 2.57. The van der Waals surface area contributed by atoms with Gasteiger partial charge in [-0.3, -0.25) is 9.59 Å². The maximum absolute atomic E-state index is 11.7. The molecular weight excluding hydrogens is 293 g/mol. The molecule has 0 aromatic heterocycles. The summed E-state index contributed by atoms with van der Waals surface area (Å²) in [6.45, 7) is 0.373. The minimum atomic E-state index is -0.439. The van der Waals surface area contributed by atoms with Crippen molar-refractivity contribution in [3.8, 4) is 0 Å². The van der Waals surface area contributed by atoms with Gasteiger partial charge in [0.1, 0.15) is 0 Å². The Hall–Kier alpha value is -0.870. The molecule has 0 N–H and O–H groups in total. The van der Waals surface area contributed by atoms with Crippen LogP contribution >= 0.6 is 27.5 Å². The number of nitrogens with zero attached hydrogens (tertiary/aromatic N) is 1. The van der Waals surface area contributed by atoms with E-state index in [9.17, 15) is 9.59 Å². The van der Waals surface area contributed by atoms with Gasteiger partial charge in [-0.1, -0.05) is 22.0 Å². The molecule has 0 saturated carbocycles. The van der Waals surface area contributed by atoms with Crippen LogP contribution in [0.5, 0.6) is 0 Å². The molecule has 0 spiro atoms. The summed E-state index contributed by atoms with van der Waals surface area (Å²) < 4.78 is 0.901. The third-order valence-corrected chi connectivity index (χ3v) is 3.37. The molecule has 1 amide bonds. The number of rotatable bonds is 2. The Morgan fingerprint density at radius 1 is 1.50 bits per heavy atom. The zero-order chi connectivity index (χ0) is 11.7. The molecule has 1 heterocycles. The van der Waals surface area contributed by atoms with Crippen molar-refractivity contribution in [3.05, 3.63) is 28.7 Å². The number of halogens is 2. The monoisotopic (exact) mass is 301 g/mol. The maximum atomic E-state index is 11.7. The van der Waals surface area contributed by atoms with E-state index in [4.69, 9.17) is 11.6 Å². The molecule has 0 aliphatic carbocycles. The molecule has 0 unspecified atom stereocenters. The summed E-state index contributed by atoms with van der Waals surface area (Å²) in [5.74, 6) is -0.440. The molecule has 16 heavy (non-hydrogen) atoms. The number of amides is 1. The molecule has 0 radical (unpaired) electrons. The second-order valence-electron chi connectivity index (χ2n) is 3.69. The molecule has 84 valence electrons. The van der Waals surface area contributed by atoms with Crippen LogP contribution < -0.4 is 4.90 Å². The highest BCUT2D eigenvalue weighted by molar-refractivity contribution is 9.10. The molecular formula is C11H9BrClNO2. The Balaban J connectivity index is 2.23. The summed E-state index contributed by atoms with van der Waals surface area (Å²) in [5, 5.41) is -0.439. The van der Waals surface area contributed by atoms with Crippen molar-refractivity contribution < 1.29 is 9.59 Å². The molecule has 3 nitrogen and oxygen atoms in total. The lowest BCUT2D eigenvalue weighted by molar-refractivity contribution is -0.120. The zero-order valence-electron chi connectivity index (χ0n) is 8.32. The van der Waals surface area contributed by atoms with E-state index < -0.39 is 5.24 Å². The van der Waals surface area contributed by atoms with Crippen LogP contribution in [0.2, 0.25) is 0 Å². The Morgan fingerprint density at radius 2 is 2.25 bits per heavy atom. The van der Waals surface area contributed by atoms with Gasteiger partial charge in [0.15, 0.2) is 0 Å². The van der Waals surface area contributed by atoms with Crippen LogP contribution in [-0.2, 0) is 9.59 Å². The van der Waals surface area contributed by atoms with Gasteiger partial charge in [0, 0.05) is 23.1 Å². The Labute approximate surface area is 107 Å². The van der Waals surface area contributed by atoms with Crippen molar-refractivity contribution in [2.24, 2.45) is 5.92 Å². The van der Waals surface area contributed by atoms with E-state index >= 15 is 0 Å². The van der Waals surface area contributed by atoms with Crippen LogP contribution in [0.15, 0.2) is 28.7 Å². The molecule has 1 aromatic rings. The molecule has 1 aliphatic rings. The first-order valence-corrected chi connectivity index (χ1v) is 6.00. The van der Waals surface area contributed by atoms with Crippen LogP contribution in [0.3, 0.4) is 0 Å². The molecule has 5 heteroatoms. The minimum absolute atomic E-state index is 0.0582. The van der Waals surface area contributed by atoms with Gasteiger partial charge >= 0.3 is 0 Å². The van der Waals surface area contributed by atoms with Crippen LogP contribution in [0.4, 0.5) is 5.69 Å². The van der Waals surface area contributed by atoms with Crippen molar-refractivity contribution in [2.75, 3.05) is 11.4 Å². The van der Waals surface area contributed by atoms with Crippen molar-refractivity contribution in [1.29, 1.82) is 0 Å². The molecule has 0 bridgehead atoms. The highest BCUT2D eigenvalue weighted by atomic mass is 79.9. The van der Waals surface area contributed by atoms with Gasteiger partial charge in [0.25, 0.3) is 0 Å². The van der Waals surface area contributed by atoms with Gasteiger partial charge < -0.3 is 4.90 Å². The summed E-state index contributed by atoms with van der Waals surface area (Å²) in [6.07, 6.45) is 0.203. The number of anilines is 1. The van der Waals surface area contributed by atoms with E-state index in [0.29, 0.717) is 6.54 Å². The van der Waals surface area contributed by atoms with Gasteiger partial charge in [-0.25, -0.2) is 0 Å². The molecule has 1 saturated heterocycles. The van der Waals surface area contributed by atoms with Crippen LogP contribution in [0, 0.1) is 5.92 Å². The zero-order valence-corrected chi connectivity index (χ0v) is 10.7. The number of hydrogen-bond donors (Lipinski definition) is 0. The second kappa shape index (κ2) is 4.55. The lowest BCUT2D eigenvalue weighted by Crippen LogP contribution is -2.25. The first-order valence-electron chi connectivity index (χ1n) is 4.83. The first kappa shape index (κ1) is 11.6. The largest absolute Gasteiger partial charge is 0.312 e. The minimum Gasteiger partial charge on any atom is -0.312 e. The Kier molecular flexibility index (Phi) is 3.30. The topological polar surface area (TPSA) is 37.4 Å². The summed E-state index contributed by atoms with van der Waals surface area (Å²) in [7, 11) is 0. The normalized spacial score (nSPS) is 20.2. The van der Waals surface area contributed by atoms with E-state index in [-0.39, 0.29) is 18.2 Å². The number of benzene rings is 1.